The quantitative estimate of drug-likeness (QED) is 0.515. The van der Waals surface area contributed by atoms with Gasteiger partial charge in [0.2, 0.25) is 5.89 Å². The fourth-order valence-corrected chi connectivity index (χ4v) is 4.17. The normalized spacial score (nSPS) is 22.2. The molecule has 138 valence electrons. The number of hydrogen-bond acceptors (Lipinski definition) is 5. The van der Waals surface area contributed by atoms with Crippen LogP contribution in [0.5, 0.6) is 0 Å². The van der Waals surface area contributed by atoms with Gasteiger partial charge in [0, 0.05) is 35.2 Å². The van der Waals surface area contributed by atoms with Crippen LogP contribution in [-0.2, 0) is 18.5 Å². The highest BCUT2D eigenvalue weighted by Crippen LogP contribution is 2.42. The molecular weight excluding hydrogens is 344 g/mol. The number of nitrogens with zero attached hydrogens (tertiary/aromatic N) is 3. The number of benzene rings is 1. The van der Waals surface area contributed by atoms with Crippen molar-refractivity contribution in [2.45, 2.75) is 38.4 Å². The molecular formula is C19H20N6O2. The molecule has 0 amide bonds. The molecule has 1 aliphatic rings. The molecule has 0 spiro atoms. The van der Waals surface area contributed by atoms with Crippen LogP contribution >= 0.6 is 0 Å². The van der Waals surface area contributed by atoms with E-state index in [-0.39, 0.29) is 11.9 Å². The van der Waals surface area contributed by atoms with E-state index >= 15 is 0 Å². The molecule has 0 aliphatic carbocycles. The van der Waals surface area contributed by atoms with Crippen molar-refractivity contribution in [3.63, 3.8) is 0 Å². The topological polar surface area (TPSA) is 105 Å². The van der Waals surface area contributed by atoms with Crippen LogP contribution in [0.3, 0.4) is 0 Å². The summed E-state index contributed by atoms with van der Waals surface area (Å²) in [4.78, 5) is 15.3. The van der Waals surface area contributed by atoms with Gasteiger partial charge in [-0.1, -0.05) is 18.2 Å². The van der Waals surface area contributed by atoms with Crippen LogP contribution in [0, 0.1) is 0 Å². The number of aromatic nitrogens is 5. The zero-order chi connectivity index (χ0) is 18.6. The summed E-state index contributed by atoms with van der Waals surface area (Å²) in [6.45, 7) is 4.90. The van der Waals surface area contributed by atoms with Gasteiger partial charge in [0.15, 0.2) is 5.54 Å². The van der Waals surface area contributed by atoms with Crippen molar-refractivity contribution in [2.75, 3.05) is 0 Å². The SMILES string of the molecule is CCn1cc(C2(c3n[nH]c(=O)o3)NC(C)Cc3c2[nH]c2ccccc32)cn1. The fourth-order valence-electron chi connectivity index (χ4n) is 4.17. The van der Waals surface area contributed by atoms with Gasteiger partial charge in [-0.3, -0.25) is 10.00 Å². The Balaban J connectivity index is 1.87. The van der Waals surface area contributed by atoms with Crippen LogP contribution in [0.2, 0.25) is 0 Å². The molecule has 1 aromatic carbocycles. The molecule has 0 fully saturated rings. The minimum atomic E-state index is -0.918. The Bertz CT molecular complexity index is 1180. The van der Waals surface area contributed by atoms with E-state index in [2.05, 4.69) is 44.7 Å². The predicted molar refractivity (Wildman–Crippen MR) is 99.5 cm³/mol. The Morgan fingerprint density at radius 1 is 1.37 bits per heavy atom. The molecule has 1 aliphatic heterocycles. The molecule has 0 saturated heterocycles. The second-order valence-corrected chi connectivity index (χ2v) is 7.03. The molecule has 5 rings (SSSR count). The molecule has 0 radical (unpaired) electrons. The highest BCUT2D eigenvalue weighted by molar-refractivity contribution is 5.86. The smallest absolute Gasteiger partial charge is 0.390 e. The highest BCUT2D eigenvalue weighted by atomic mass is 16.4. The molecule has 2 unspecified atom stereocenters. The van der Waals surface area contributed by atoms with Gasteiger partial charge in [-0.05, 0) is 31.9 Å². The van der Waals surface area contributed by atoms with Gasteiger partial charge in [0.05, 0.1) is 11.9 Å². The van der Waals surface area contributed by atoms with Crippen molar-refractivity contribution in [1.82, 2.24) is 30.3 Å². The van der Waals surface area contributed by atoms with E-state index in [1.165, 1.54) is 10.9 Å². The van der Waals surface area contributed by atoms with Gasteiger partial charge in [-0.25, -0.2) is 9.89 Å². The number of para-hydroxylation sites is 1. The molecule has 8 heteroatoms. The minimum absolute atomic E-state index is 0.142. The van der Waals surface area contributed by atoms with E-state index in [9.17, 15) is 4.79 Å². The Labute approximate surface area is 154 Å². The van der Waals surface area contributed by atoms with E-state index in [0.29, 0.717) is 0 Å². The van der Waals surface area contributed by atoms with Gasteiger partial charge >= 0.3 is 5.76 Å². The second-order valence-electron chi connectivity index (χ2n) is 7.03. The lowest BCUT2D eigenvalue weighted by molar-refractivity contribution is 0.295. The van der Waals surface area contributed by atoms with Crippen molar-refractivity contribution in [3.05, 3.63) is 69.9 Å². The van der Waals surface area contributed by atoms with E-state index in [4.69, 9.17) is 4.42 Å². The van der Waals surface area contributed by atoms with Gasteiger partial charge in [-0.15, -0.1) is 5.10 Å². The Kier molecular flexibility index (Phi) is 3.38. The average molecular weight is 364 g/mol. The third-order valence-corrected chi connectivity index (χ3v) is 5.31. The molecule has 8 nitrogen and oxygen atoms in total. The first-order chi connectivity index (χ1) is 13.1. The molecule has 4 heterocycles. The molecule has 4 aromatic rings. The number of aromatic amines is 2. The van der Waals surface area contributed by atoms with Crippen molar-refractivity contribution < 1.29 is 4.42 Å². The second kappa shape index (κ2) is 5.68. The highest BCUT2D eigenvalue weighted by Gasteiger charge is 2.49. The molecule has 2 atom stereocenters. The molecule has 0 saturated carbocycles. The van der Waals surface area contributed by atoms with Crippen LogP contribution in [0.25, 0.3) is 10.9 Å². The molecule has 27 heavy (non-hydrogen) atoms. The first-order valence-electron chi connectivity index (χ1n) is 9.08. The lowest BCUT2D eigenvalue weighted by Crippen LogP contribution is -2.53. The van der Waals surface area contributed by atoms with E-state index in [1.54, 1.807) is 6.20 Å². The third-order valence-electron chi connectivity index (χ3n) is 5.31. The number of rotatable bonds is 3. The minimum Gasteiger partial charge on any atom is -0.390 e. The van der Waals surface area contributed by atoms with Crippen LogP contribution < -0.4 is 11.1 Å². The van der Waals surface area contributed by atoms with Gasteiger partial charge in [-0.2, -0.15) is 5.10 Å². The lowest BCUT2D eigenvalue weighted by atomic mass is 9.80. The summed E-state index contributed by atoms with van der Waals surface area (Å²) in [6.07, 6.45) is 4.63. The average Bonchev–Trinajstić information content (AvgIpc) is 3.39. The summed E-state index contributed by atoms with van der Waals surface area (Å²) in [7, 11) is 0. The summed E-state index contributed by atoms with van der Waals surface area (Å²) < 4.78 is 7.34. The fraction of sp³-hybridized carbons (Fsp3) is 0.316. The number of nitrogens with one attached hydrogen (secondary N) is 3. The maximum atomic E-state index is 11.8. The zero-order valence-corrected chi connectivity index (χ0v) is 15.1. The summed E-state index contributed by atoms with van der Waals surface area (Å²) in [5, 5.41) is 15.9. The van der Waals surface area contributed by atoms with E-state index in [1.807, 2.05) is 29.9 Å². The summed E-state index contributed by atoms with van der Waals surface area (Å²) in [6, 6.07) is 8.35. The number of hydrogen-bond donors (Lipinski definition) is 3. The van der Waals surface area contributed by atoms with Crippen LogP contribution in [0.4, 0.5) is 0 Å². The Morgan fingerprint density at radius 2 is 2.22 bits per heavy atom. The van der Waals surface area contributed by atoms with Crippen molar-refractivity contribution in [1.29, 1.82) is 0 Å². The number of fused-ring (bicyclic) bond motifs is 3. The van der Waals surface area contributed by atoms with Crippen LogP contribution in [-0.4, -0.2) is 31.0 Å². The Morgan fingerprint density at radius 3 is 2.96 bits per heavy atom. The van der Waals surface area contributed by atoms with E-state index < -0.39 is 11.3 Å². The van der Waals surface area contributed by atoms with Crippen LogP contribution in [0.15, 0.2) is 45.9 Å². The lowest BCUT2D eigenvalue weighted by Gasteiger charge is -2.38. The van der Waals surface area contributed by atoms with Crippen molar-refractivity contribution >= 4 is 10.9 Å². The van der Waals surface area contributed by atoms with Crippen LogP contribution in [0.1, 0.15) is 36.6 Å². The third kappa shape index (κ3) is 2.23. The monoisotopic (exact) mass is 364 g/mol. The first-order valence-corrected chi connectivity index (χ1v) is 9.08. The first kappa shape index (κ1) is 16.1. The maximum Gasteiger partial charge on any atom is 0.434 e. The summed E-state index contributed by atoms with van der Waals surface area (Å²) in [5.41, 5.74) is 3.14. The molecule has 3 aromatic heterocycles. The van der Waals surface area contributed by atoms with Gasteiger partial charge < -0.3 is 9.40 Å². The summed E-state index contributed by atoms with van der Waals surface area (Å²) in [5.74, 6) is -0.299. The van der Waals surface area contributed by atoms with Gasteiger partial charge in [0.25, 0.3) is 0 Å². The predicted octanol–water partition coefficient (Wildman–Crippen LogP) is 1.89. The maximum absolute atomic E-state index is 11.8. The van der Waals surface area contributed by atoms with Crippen molar-refractivity contribution in [2.24, 2.45) is 0 Å². The van der Waals surface area contributed by atoms with E-state index in [0.717, 1.165) is 29.7 Å². The summed E-state index contributed by atoms with van der Waals surface area (Å²) >= 11 is 0. The Hall–Kier alpha value is -3.13. The van der Waals surface area contributed by atoms with Crippen molar-refractivity contribution in [3.8, 4) is 0 Å². The standard InChI is InChI=1S/C19H20N6O2/c1-3-25-10-12(9-20-25)19(17-23-24-18(26)27-17)16-14(8-11(2)22-19)13-6-4-5-7-15(13)21-16/h4-7,9-11,21-22H,3,8H2,1-2H3,(H,24,26). The number of aryl methyl sites for hydroxylation is 1. The molecule has 0 bridgehead atoms. The van der Waals surface area contributed by atoms with Gasteiger partial charge in [0.1, 0.15) is 0 Å². The zero-order valence-electron chi connectivity index (χ0n) is 15.1. The number of H-pyrrole nitrogens is 2. The largest absolute Gasteiger partial charge is 0.434 e. The molecule has 3 N–H and O–H groups in total.